The van der Waals surface area contributed by atoms with Crippen molar-refractivity contribution in [2.24, 2.45) is 0 Å². The number of rotatable bonds is 5. The van der Waals surface area contributed by atoms with Gasteiger partial charge in [0.25, 0.3) is 5.91 Å². The third-order valence-corrected chi connectivity index (χ3v) is 8.48. The van der Waals surface area contributed by atoms with Crippen molar-refractivity contribution in [1.82, 2.24) is 9.62 Å². The summed E-state index contributed by atoms with van der Waals surface area (Å²) in [5.74, 6) is -0.310. The summed E-state index contributed by atoms with van der Waals surface area (Å²) in [4.78, 5) is 12.9. The van der Waals surface area contributed by atoms with Crippen LogP contribution in [0.5, 0.6) is 0 Å². The molecular formula is C23H27ClN2O3S. The summed E-state index contributed by atoms with van der Waals surface area (Å²) in [6, 6.07) is 10.7. The number of hydrogen-bond donors (Lipinski definition) is 1. The van der Waals surface area contributed by atoms with Crippen LogP contribution in [0.25, 0.3) is 0 Å². The number of benzene rings is 2. The van der Waals surface area contributed by atoms with E-state index in [1.807, 2.05) is 6.92 Å². The number of nitrogens with one attached hydrogen (secondary N) is 1. The Kier molecular flexibility index (Phi) is 6.19. The van der Waals surface area contributed by atoms with Gasteiger partial charge in [-0.25, -0.2) is 8.42 Å². The number of fused-ring (bicyclic) bond motifs is 1. The van der Waals surface area contributed by atoms with E-state index in [1.54, 1.807) is 6.07 Å². The van der Waals surface area contributed by atoms with E-state index in [1.165, 1.54) is 40.4 Å². The average molecular weight is 447 g/mol. The normalized spacial score (nSPS) is 18.1. The predicted molar refractivity (Wildman–Crippen MR) is 118 cm³/mol. The first-order valence-electron chi connectivity index (χ1n) is 10.6. The summed E-state index contributed by atoms with van der Waals surface area (Å²) in [6.45, 7) is 2.93. The van der Waals surface area contributed by atoms with E-state index >= 15 is 0 Å². The number of carbonyl (C=O) groups is 1. The highest BCUT2D eigenvalue weighted by Crippen LogP contribution is 2.29. The standard InChI is InChI=1S/C23H27ClN2O3S/c1-16(18-9-8-17-6-2-3-7-19(17)14-18)25-23(27)20-10-11-21(24)22(15-20)30(28,29)26-12-4-5-13-26/h8-11,14-16H,2-7,12-13H2,1H3,(H,25,27)/t16-/m1/s1. The molecule has 2 aliphatic rings. The van der Waals surface area contributed by atoms with E-state index in [2.05, 4.69) is 23.5 Å². The molecule has 1 atom stereocenters. The van der Waals surface area contributed by atoms with Crippen LogP contribution in [0.4, 0.5) is 0 Å². The summed E-state index contributed by atoms with van der Waals surface area (Å²) in [7, 11) is -3.69. The van der Waals surface area contributed by atoms with Crippen molar-refractivity contribution in [3.05, 3.63) is 63.7 Å². The van der Waals surface area contributed by atoms with E-state index in [-0.39, 0.29) is 21.9 Å². The smallest absolute Gasteiger partial charge is 0.251 e. The number of halogens is 1. The maximum Gasteiger partial charge on any atom is 0.251 e. The van der Waals surface area contributed by atoms with Crippen molar-refractivity contribution in [3.63, 3.8) is 0 Å². The fourth-order valence-corrected chi connectivity index (χ4v) is 6.31. The first kappa shape index (κ1) is 21.3. The van der Waals surface area contributed by atoms with Crippen LogP contribution in [0.1, 0.15) is 65.7 Å². The summed E-state index contributed by atoms with van der Waals surface area (Å²) >= 11 is 6.20. The average Bonchev–Trinajstić information content (AvgIpc) is 3.29. The molecule has 0 aromatic heterocycles. The Morgan fingerprint density at radius 3 is 2.43 bits per heavy atom. The zero-order valence-electron chi connectivity index (χ0n) is 17.2. The highest BCUT2D eigenvalue weighted by atomic mass is 35.5. The number of carbonyl (C=O) groups excluding carboxylic acids is 1. The van der Waals surface area contributed by atoms with Crippen LogP contribution in [0.15, 0.2) is 41.3 Å². The molecule has 1 amide bonds. The molecule has 1 aliphatic heterocycles. The van der Waals surface area contributed by atoms with E-state index < -0.39 is 10.0 Å². The fraction of sp³-hybridized carbons (Fsp3) is 0.435. The molecular weight excluding hydrogens is 420 g/mol. The molecule has 0 saturated carbocycles. The highest BCUT2D eigenvalue weighted by molar-refractivity contribution is 7.89. The third-order valence-electron chi connectivity index (χ3n) is 6.10. The minimum Gasteiger partial charge on any atom is -0.346 e. The SMILES string of the molecule is C[C@@H](NC(=O)c1ccc(Cl)c(S(=O)(=O)N2CCCC2)c1)c1ccc2c(c1)CCCC2. The summed E-state index contributed by atoms with van der Waals surface area (Å²) in [5, 5.41) is 3.14. The van der Waals surface area contributed by atoms with Gasteiger partial charge in [-0.05, 0) is 80.3 Å². The molecule has 160 valence electrons. The van der Waals surface area contributed by atoms with Gasteiger partial charge >= 0.3 is 0 Å². The molecule has 2 aromatic rings. The van der Waals surface area contributed by atoms with Gasteiger partial charge in [0.2, 0.25) is 10.0 Å². The van der Waals surface area contributed by atoms with Crippen LogP contribution in [0, 0.1) is 0 Å². The van der Waals surface area contributed by atoms with E-state index in [4.69, 9.17) is 11.6 Å². The molecule has 1 heterocycles. The van der Waals surface area contributed by atoms with Crippen LogP contribution < -0.4 is 5.32 Å². The van der Waals surface area contributed by atoms with Crippen molar-refractivity contribution < 1.29 is 13.2 Å². The van der Waals surface area contributed by atoms with Gasteiger partial charge in [0.15, 0.2) is 0 Å². The Morgan fingerprint density at radius 1 is 1.00 bits per heavy atom. The van der Waals surface area contributed by atoms with E-state index in [0.29, 0.717) is 18.7 Å². The molecule has 0 radical (unpaired) electrons. The van der Waals surface area contributed by atoms with Crippen molar-refractivity contribution in [1.29, 1.82) is 0 Å². The van der Waals surface area contributed by atoms with Crippen molar-refractivity contribution >= 4 is 27.5 Å². The van der Waals surface area contributed by atoms with Crippen LogP contribution in [-0.4, -0.2) is 31.7 Å². The maximum atomic E-state index is 12.9. The van der Waals surface area contributed by atoms with Crippen LogP contribution in [-0.2, 0) is 22.9 Å². The van der Waals surface area contributed by atoms with Gasteiger partial charge in [-0.1, -0.05) is 29.8 Å². The van der Waals surface area contributed by atoms with E-state index in [0.717, 1.165) is 31.2 Å². The number of aryl methyl sites for hydroxylation is 2. The molecule has 30 heavy (non-hydrogen) atoms. The topological polar surface area (TPSA) is 66.5 Å². The predicted octanol–water partition coefficient (Wildman–Crippen LogP) is 4.49. The first-order valence-corrected chi connectivity index (χ1v) is 12.4. The quantitative estimate of drug-likeness (QED) is 0.735. The number of hydrogen-bond acceptors (Lipinski definition) is 3. The molecule has 2 aromatic carbocycles. The molecule has 0 spiro atoms. The second kappa shape index (κ2) is 8.69. The first-order chi connectivity index (χ1) is 14.4. The Balaban J connectivity index is 1.53. The monoisotopic (exact) mass is 446 g/mol. The maximum absolute atomic E-state index is 12.9. The van der Waals surface area contributed by atoms with Gasteiger partial charge in [0, 0.05) is 18.7 Å². The molecule has 1 aliphatic carbocycles. The van der Waals surface area contributed by atoms with Crippen molar-refractivity contribution in [2.75, 3.05) is 13.1 Å². The van der Waals surface area contributed by atoms with Gasteiger partial charge in [-0.3, -0.25) is 4.79 Å². The number of nitrogens with zero attached hydrogens (tertiary/aromatic N) is 1. The minimum atomic E-state index is -3.69. The molecule has 0 bridgehead atoms. The number of amides is 1. The Morgan fingerprint density at radius 2 is 1.70 bits per heavy atom. The molecule has 4 rings (SSSR count). The molecule has 1 saturated heterocycles. The summed E-state index contributed by atoms with van der Waals surface area (Å²) < 4.78 is 27.3. The largest absolute Gasteiger partial charge is 0.346 e. The Hall–Kier alpha value is -1.89. The van der Waals surface area contributed by atoms with E-state index in [9.17, 15) is 13.2 Å². The zero-order chi connectivity index (χ0) is 21.3. The minimum absolute atomic E-state index is 0.000139. The van der Waals surface area contributed by atoms with Gasteiger partial charge in [0.05, 0.1) is 11.1 Å². The second-order valence-corrected chi connectivity index (χ2v) is 10.5. The van der Waals surface area contributed by atoms with Crippen LogP contribution in [0.2, 0.25) is 5.02 Å². The van der Waals surface area contributed by atoms with Gasteiger partial charge in [0.1, 0.15) is 4.90 Å². The van der Waals surface area contributed by atoms with Crippen molar-refractivity contribution in [2.45, 2.75) is 56.4 Å². The van der Waals surface area contributed by atoms with Crippen LogP contribution in [0.3, 0.4) is 0 Å². The highest BCUT2D eigenvalue weighted by Gasteiger charge is 2.30. The number of sulfonamides is 1. The second-order valence-electron chi connectivity index (χ2n) is 8.19. The summed E-state index contributed by atoms with van der Waals surface area (Å²) in [5.41, 5.74) is 4.12. The van der Waals surface area contributed by atoms with Crippen LogP contribution >= 0.6 is 11.6 Å². The zero-order valence-corrected chi connectivity index (χ0v) is 18.7. The molecule has 1 fully saturated rings. The van der Waals surface area contributed by atoms with Gasteiger partial charge in [-0.2, -0.15) is 4.31 Å². The lowest BCUT2D eigenvalue weighted by atomic mass is 9.89. The van der Waals surface area contributed by atoms with Gasteiger partial charge < -0.3 is 5.32 Å². The lowest BCUT2D eigenvalue weighted by Crippen LogP contribution is -2.29. The Bertz CT molecular complexity index is 1060. The fourth-order valence-electron chi connectivity index (χ4n) is 4.30. The Labute approximate surface area is 183 Å². The van der Waals surface area contributed by atoms with Crippen molar-refractivity contribution in [3.8, 4) is 0 Å². The molecule has 1 N–H and O–H groups in total. The molecule has 0 unspecified atom stereocenters. The lowest BCUT2D eigenvalue weighted by molar-refractivity contribution is 0.0939. The van der Waals surface area contributed by atoms with Gasteiger partial charge in [-0.15, -0.1) is 0 Å². The molecule has 7 heteroatoms. The third kappa shape index (κ3) is 4.27. The lowest BCUT2D eigenvalue weighted by Gasteiger charge is -2.20. The summed E-state index contributed by atoms with van der Waals surface area (Å²) in [6.07, 6.45) is 6.33. The molecule has 5 nitrogen and oxygen atoms in total.